The molecule has 1 saturated carbocycles. The van der Waals surface area contributed by atoms with Crippen LogP contribution in [0.2, 0.25) is 0 Å². The molecule has 1 atom stereocenters. The largest absolute Gasteiger partial charge is 0.467 e. The molecule has 1 N–H and O–H groups in total. The number of carbonyl (C=O) groups excluding carboxylic acids is 1. The SMILES string of the molecule is [2H]C([2H])([2H])N1CCC[C@@H](Nc2nnc(-c3ccc(C=O)cc3OCOCC)c(C3CC3)n2)C1. The number of rotatable bonds is 9. The van der Waals surface area contributed by atoms with Gasteiger partial charge in [-0.05, 0) is 58.3 Å². The summed E-state index contributed by atoms with van der Waals surface area (Å²) in [7, 11) is 0. The molecule has 1 aliphatic heterocycles. The van der Waals surface area contributed by atoms with Gasteiger partial charge in [-0.15, -0.1) is 10.2 Å². The van der Waals surface area contributed by atoms with Gasteiger partial charge in [0.25, 0.3) is 0 Å². The minimum Gasteiger partial charge on any atom is -0.467 e. The number of carbonyl (C=O) groups is 1. The predicted molar refractivity (Wildman–Crippen MR) is 114 cm³/mol. The first-order chi connectivity index (χ1) is 15.9. The van der Waals surface area contributed by atoms with Crippen molar-refractivity contribution in [2.24, 2.45) is 0 Å². The van der Waals surface area contributed by atoms with Gasteiger partial charge in [0.2, 0.25) is 5.95 Å². The van der Waals surface area contributed by atoms with E-state index in [9.17, 15) is 4.79 Å². The van der Waals surface area contributed by atoms with Gasteiger partial charge >= 0.3 is 0 Å². The Kier molecular flexibility index (Phi) is 5.42. The predicted octanol–water partition coefficient (Wildman–Crippen LogP) is 3.11. The third kappa shape index (κ3) is 4.94. The standard InChI is InChI=1S/C22H29N5O3/c1-3-29-14-30-19-11-15(13-28)6-9-18(19)21-20(16-7-8-16)24-22(26-25-21)23-17-5-4-10-27(2)12-17/h6,9,11,13,16-17H,3-5,7-8,10,12,14H2,1-2H3,(H,23,24,26)/t17-/m1/s1/i2D3. The molecule has 0 radical (unpaired) electrons. The molecule has 160 valence electrons. The molecule has 2 heterocycles. The lowest BCUT2D eigenvalue weighted by atomic mass is 10.0. The summed E-state index contributed by atoms with van der Waals surface area (Å²) in [6.07, 6.45) is 4.44. The van der Waals surface area contributed by atoms with Gasteiger partial charge in [-0.3, -0.25) is 4.79 Å². The summed E-state index contributed by atoms with van der Waals surface area (Å²) in [6.45, 7) is 1.31. The van der Waals surface area contributed by atoms with Crippen molar-refractivity contribution in [3.8, 4) is 17.0 Å². The molecule has 4 rings (SSSR count). The molecule has 8 nitrogen and oxygen atoms in total. The van der Waals surface area contributed by atoms with Gasteiger partial charge in [0.15, 0.2) is 6.79 Å². The van der Waals surface area contributed by atoms with Crippen LogP contribution in [0.5, 0.6) is 5.75 Å². The molecule has 1 aliphatic carbocycles. The van der Waals surface area contributed by atoms with Crippen molar-refractivity contribution < 1.29 is 18.4 Å². The van der Waals surface area contributed by atoms with Crippen LogP contribution in [0.4, 0.5) is 5.95 Å². The Balaban J connectivity index is 1.59. The van der Waals surface area contributed by atoms with Gasteiger partial charge in [0.05, 0.1) is 5.69 Å². The summed E-state index contributed by atoms with van der Waals surface area (Å²) < 4.78 is 34.1. The van der Waals surface area contributed by atoms with Gasteiger partial charge in [0.1, 0.15) is 17.7 Å². The maximum absolute atomic E-state index is 11.3. The molecular formula is C22H29N5O3. The highest BCUT2D eigenvalue weighted by Gasteiger charge is 2.31. The van der Waals surface area contributed by atoms with Crippen molar-refractivity contribution in [2.45, 2.75) is 44.6 Å². The molecule has 2 aliphatic rings. The highest BCUT2D eigenvalue weighted by molar-refractivity contribution is 5.80. The molecule has 30 heavy (non-hydrogen) atoms. The van der Waals surface area contributed by atoms with Crippen LogP contribution in [0.1, 0.15) is 58.7 Å². The van der Waals surface area contributed by atoms with Crippen LogP contribution in [0.25, 0.3) is 11.3 Å². The van der Waals surface area contributed by atoms with Crippen LogP contribution >= 0.6 is 0 Å². The van der Waals surface area contributed by atoms with Gasteiger partial charge in [-0.1, -0.05) is 6.07 Å². The van der Waals surface area contributed by atoms with E-state index in [4.69, 9.17) is 18.6 Å². The van der Waals surface area contributed by atoms with E-state index < -0.39 is 6.98 Å². The number of aromatic nitrogens is 3. The molecule has 0 unspecified atom stereocenters. The second-order valence-electron chi connectivity index (χ2n) is 7.70. The summed E-state index contributed by atoms with van der Waals surface area (Å²) in [6, 6.07) is 5.12. The summed E-state index contributed by atoms with van der Waals surface area (Å²) >= 11 is 0. The Hall–Kier alpha value is -2.58. The van der Waals surface area contributed by atoms with Gasteiger partial charge in [-0.25, -0.2) is 4.98 Å². The number of nitrogens with zero attached hydrogens (tertiary/aromatic N) is 4. The van der Waals surface area contributed by atoms with Gasteiger partial charge in [0, 0.05) is 40.4 Å². The minimum atomic E-state index is -2.10. The molecular weight excluding hydrogens is 382 g/mol. The number of ether oxygens (including phenoxy) is 2. The van der Waals surface area contributed by atoms with Crippen LogP contribution in [0.3, 0.4) is 0 Å². The number of piperidine rings is 1. The van der Waals surface area contributed by atoms with Crippen molar-refractivity contribution in [1.82, 2.24) is 20.1 Å². The van der Waals surface area contributed by atoms with Crippen molar-refractivity contribution in [3.05, 3.63) is 29.5 Å². The number of anilines is 1. The number of benzene rings is 1. The number of hydrogen-bond acceptors (Lipinski definition) is 8. The van der Waals surface area contributed by atoms with E-state index in [1.807, 2.05) is 6.92 Å². The van der Waals surface area contributed by atoms with E-state index in [0.29, 0.717) is 48.2 Å². The van der Waals surface area contributed by atoms with Crippen molar-refractivity contribution in [2.75, 3.05) is 38.8 Å². The van der Waals surface area contributed by atoms with Crippen LogP contribution in [-0.4, -0.2) is 65.9 Å². The highest BCUT2D eigenvalue weighted by atomic mass is 16.7. The topological polar surface area (TPSA) is 89.5 Å². The van der Waals surface area contributed by atoms with E-state index in [2.05, 4.69) is 15.5 Å². The smallest absolute Gasteiger partial charge is 0.243 e. The fourth-order valence-corrected chi connectivity index (χ4v) is 3.63. The third-order valence-electron chi connectivity index (χ3n) is 5.33. The maximum Gasteiger partial charge on any atom is 0.243 e. The fourth-order valence-electron chi connectivity index (χ4n) is 3.63. The van der Waals surface area contributed by atoms with Crippen LogP contribution in [-0.2, 0) is 4.74 Å². The van der Waals surface area contributed by atoms with Crippen LogP contribution in [0.15, 0.2) is 18.2 Å². The maximum atomic E-state index is 11.3. The Bertz CT molecular complexity index is 984. The number of likely N-dealkylation sites (N-methyl/N-ethyl adjacent to an activating group) is 1. The van der Waals surface area contributed by atoms with Crippen molar-refractivity contribution in [3.63, 3.8) is 0 Å². The summed E-state index contributed by atoms with van der Waals surface area (Å²) in [5.74, 6) is 1.18. The van der Waals surface area contributed by atoms with E-state index in [1.165, 1.54) is 4.90 Å². The number of hydrogen-bond donors (Lipinski definition) is 1. The quantitative estimate of drug-likeness (QED) is 0.380. The molecule has 1 aromatic carbocycles. The van der Waals surface area contributed by atoms with Crippen molar-refractivity contribution in [1.29, 1.82) is 0 Å². The molecule has 0 spiro atoms. The van der Waals surface area contributed by atoms with Crippen molar-refractivity contribution >= 4 is 12.2 Å². The monoisotopic (exact) mass is 414 g/mol. The summed E-state index contributed by atoms with van der Waals surface area (Å²) in [5.41, 5.74) is 2.66. The van der Waals surface area contributed by atoms with E-state index in [0.717, 1.165) is 37.7 Å². The molecule has 2 aromatic rings. The Morgan fingerprint density at radius 2 is 2.23 bits per heavy atom. The second-order valence-corrected chi connectivity index (χ2v) is 7.70. The number of likely N-dealkylation sites (tertiary alicyclic amines) is 1. The minimum absolute atomic E-state index is 0.0594. The molecule has 0 amide bonds. The normalized spacial score (nSPS) is 21.4. The average molecular weight is 415 g/mol. The first kappa shape index (κ1) is 17.1. The summed E-state index contributed by atoms with van der Waals surface area (Å²) in [4.78, 5) is 17.5. The number of nitrogens with one attached hydrogen (secondary N) is 1. The molecule has 1 aromatic heterocycles. The first-order valence-electron chi connectivity index (χ1n) is 12.0. The fraction of sp³-hybridized carbons (Fsp3) is 0.545. The third-order valence-corrected chi connectivity index (χ3v) is 5.33. The Morgan fingerprint density at radius 3 is 3.00 bits per heavy atom. The van der Waals surface area contributed by atoms with E-state index >= 15 is 0 Å². The lowest BCUT2D eigenvalue weighted by Crippen LogP contribution is -2.40. The summed E-state index contributed by atoms with van der Waals surface area (Å²) in [5, 5.41) is 12.1. The zero-order valence-corrected chi connectivity index (χ0v) is 17.1. The average Bonchev–Trinajstić information content (AvgIpc) is 3.64. The lowest BCUT2D eigenvalue weighted by Gasteiger charge is -2.30. The Morgan fingerprint density at radius 1 is 1.33 bits per heavy atom. The molecule has 1 saturated heterocycles. The zero-order valence-electron chi connectivity index (χ0n) is 20.1. The molecule has 8 heteroatoms. The molecule has 2 fully saturated rings. The zero-order chi connectivity index (χ0) is 23.4. The van der Waals surface area contributed by atoms with E-state index in [-0.39, 0.29) is 18.8 Å². The van der Waals surface area contributed by atoms with E-state index in [1.54, 1.807) is 18.2 Å². The van der Waals surface area contributed by atoms with Crippen LogP contribution in [0, 0.1) is 0 Å². The van der Waals surface area contributed by atoms with Gasteiger partial charge in [-0.2, -0.15) is 0 Å². The molecule has 0 bridgehead atoms. The second kappa shape index (κ2) is 9.49. The van der Waals surface area contributed by atoms with Crippen LogP contribution < -0.4 is 10.1 Å². The highest BCUT2D eigenvalue weighted by Crippen LogP contribution is 2.44. The number of aldehydes is 1. The lowest BCUT2D eigenvalue weighted by molar-refractivity contribution is 0.0227. The van der Waals surface area contributed by atoms with Gasteiger partial charge < -0.3 is 19.7 Å². The first-order valence-corrected chi connectivity index (χ1v) is 10.5. The Labute approximate surface area is 181 Å².